The monoisotopic (exact) mass is 345 g/mol. The van der Waals surface area contributed by atoms with E-state index in [1.807, 2.05) is 18.2 Å². The zero-order valence-electron chi connectivity index (χ0n) is 13.2. The molecule has 1 fully saturated rings. The minimum absolute atomic E-state index is 0.278. The second-order valence-corrected chi connectivity index (χ2v) is 5.81. The number of halogens is 1. The molecule has 1 heterocycles. The van der Waals surface area contributed by atoms with Crippen LogP contribution < -0.4 is 9.64 Å². The largest absolute Gasteiger partial charge is 0.497 e. The number of hydrogen-bond acceptors (Lipinski definition) is 4. The van der Waals surface area contributed by atoms with Crippen LogP contribution in [0.15, 0.2) is 48.5 Å². The van der Waals surface area contributed by atoms with E-state index in [9.17, 15) is 9.59 Å². The predicted molar refractivity (Wildman–Crippen MR) is 90.2 cm³/mol. The molecule has 0 saturated carbocycles. The van der Waals surface area contributed by atoms with E-state index in [0.717, 1.165) is 5.56 Å². The van der Waals surface area contributed by atoms with Gasteiger partial charge in [0.25, 0.3) is 5.91 Å². The van der Waals surface area contributed by atoms with Gasteiger partial charge in [0, 0.05) is 17.6 Å². The van der Waals surface area contributed by atoms with Crippen molar-refractivity contribution in [2.24, 2.45) is 0 Å². The highest BCUT2D eigenvalue weighted by Gasteiger charge is 2.52. The van der Waals surface area contributed by atoms with Crippen LogP contribution in [-0.4, -0.2) is 25.1 Å². The average Bonchev–Trinajstić information content (AvgIpc) is 2.58. The second kappa shape index (κ2) is 6.53. The Morgan fingerprint density at radius 2 is 1.79 bits per heavy atom. The summed E-state index contributed by atoms with van der Waals surface area (Å²) in [4.78, 5) is 25.4. The number of carbonyl (C=O) groups is 2. The highest BCUT2D eigenvalue weighted by atomic mass is 35.5. The molecule has 6 heteroatoms. The second-order valence-electron chi connectivity index (χ2n) is 5.40. The van der Waals surface area contributed by atoms with Gasteiger partial charge in [-0.05, 0) is 35.9 Å². The number of hydrogen-bond donors (Lipinski definition) is 0. The number of rotatable bonds is 4. The van der Waals surface area contributed by atoms with E-state index in [1.165, 1.54) is 6.92 Å². The van der Waals surface area contributed by atoms with E-state index < -0.39 is 18.1 Å². The Hall–Kier alpha value is -2.53. The van der Waals surface area contributed by atoms with Crippen molar-refractivity contribution < 1.29 is 19.1 Å². The third-order valence-electron chi connectivity index (χ3n) is 3.91. The zero-order valence-corrected chi connectivity index (χ0v) is 14.0. The molecule has 0 bridgehead atoms. The average molecular weight is 346 g/mol. The predicted octanol–water partition coefficient (Wildman–Crippen LogP) is 3.37. The summed E-state index contributed by atoms with van der Waals surface area (Å²) < 4.78 is 10.3. The number of methoxy groups -OCH3 is 1. The van der Waals surface area contributed by atoms with E-state index in [-0.39, 0.29) is 5.91 Å². The summed E-state index contributed by atoms with van der Waals surface area (Å²) in [6, 6.07) is 13.9. The number of esters is 1. The van der Waals surface area contributed by atoms with Gasteiger partial charge in [-0.3, -0.25) is 14.5 Å². The first kappa shape index (κ1) is 16.3. The number of amides is 1. The molecule has 2 aromatic carbocycles. The van der Waals surface area contributed by atoms with Crippen molar-refractivity contribution in [3.8, 4) is 5.75 Å². The molecule has 1 aliphatic rings. The standard InChI is InChI=1S/C18H16ClNO4/c1-11(21)24-17-16(14-5-3-4-6-15(14)19)20(18(17)22)12-7-9-13(23-2)10-8-12/h3-10,16-17H,1-2H3. The fourth-order valence-corrected chi connectivity index (χ4v) is 3.05. The fraction of sp³-hybridized carbons (Fsp3) is 0.222. The van der Waals surface area contributed by atoms with Gasteiger partial charge in [0.2, 0.25) is 6.10 Å². The molecule has 3 rings (SSSR count). The summed E-state index contributed by atoms with van der Waals surface area (Å²) in [6.07, 6.45) is -0.871. The van der Waals surface area contributed by atoms with Gasteiger partial charge in [0.15, 0.2) is 0 Å². The van der Waals surface area contributed by atoms with Crippen LogP contribution in [0.3, 0.4) is 0 Å². The number of β-lactam (4-membered cyclic amide) rings is 1. The maximum atomic E-state index is 12.5. The lowest BCUT2D eigenvalue weighted by Gasteiger charge is -2.46. The fourth-order valence-electron chi connectivity index (χ4n) is 2.80. The molecular formula is C18H16ClNO4. The van der Waals surface area contributed by atoms with E-state index in [4.69, 9.17) is 21.1 Å². The van der Waals surface area contributed by atoms with Gasteiger partial charge >= 0.3 is 5.97 Å². The Labute approximate surface area is 144 Å². The van der Waals surface area contributed by atoms with Gasteiger partial charge in [0.05, 0.1) is 7.11 Å². The molecule has 0 radical (unpaired) electrons. The summed E-state index contributed by atoms with van der Waals surface area (Å²) in [5, 5.41) is 0.519. The molecule has 5 nitrogen and oxygen atoms in total. The van der Waals surface area contributed by atoms with Gasteiger partial charge in [-0.15, -0.1) is 0 Å². The van der Waals surface area contributed by atoms with Gasteiger partial charge in [-0.25, -0.2) is 0 Å². The molecular weight excluding hydrogens is 330 g/mol. The third-order valence-corrected chi connectivity index (χ3v) is 4.26. The molecule has 1 amide bonds. The van der Waals surface area contributed by atoms with Crippen molar-refractivity contribution in [3.05, 3.63) is 59.1 Å². The molecule has 124 valence electrons. The van der Waals surface area contributed by atoms with Crippen LogP contribution in [0.5, 0.6) is 5.75 Å². The smallest absolute Gasteiger partial charge is 0.303 e. The molecule has 2 unspecified atom stereocenters. The number of carbonyl (C=O) groups excluding carboxylic acids is 2. The number of benzene rings is 2. The summed E-state index contributed by atoms with van der Waals surface area (Å²) in [6.45, 7) is 1.28. The highest BCUT2D eigenvalue weighted by Crippen LogP contribution is 2.43. The molecule has 24 heavy (non-hydrogen) atoms. The molecule has 0 aliphatic carbocycles. The third kappa shape index (κ3) is 2.83. The van der Waals surface area contributed by atoms with E-state index in [0.29, 0.717) is 16.5 Å². The Morgan fingerprint density at radius 1 is 1.12 bits per heavy atom. The summed E-state index contributed by atoms with van der Waals surface area (Å²) in [5.74, 6) is -0.0855. The van der Waals surface area contributed by atoms with Crippen molar-refractivity contribution >= 4 is 29.2 Å². The SMILES string of the molecule is COc1ccc(N2C(=O)C(OC(C)=O)C2c2ccccc2Cl)cc1. The summed E-state index contributed by atoms with van der Waals surface area (Å²) >= 11 is 6.28. The minimum Gasteiger partial charge on any atom is -0.497 e. The van der Waals surface area contributed by atoms with Crippen molar-refractivity contribution in [2.45, 2.75) is 19.1 Å². The van der Waals surface area contributed by atoms with Crippen LogP contribution in [0.25, 0.3) is 0 Å². The molecule has 0 spiro atoms. The van der Waals surface area contributed by atoms with Gasteiger partial charge in [-0.1, -0.05) is 29.8 Å². The lowest BCUT2D eigenvalue weighted by molar-refractivity contribution is -0.160. The van der Waals surface area contributed by atoms with Crippen LogP contribution in [0.1, 0.15) is 18.5 Å². The lowest BCUT2D eigenvalue weighted by Crippen LogP contribution is -2.60. The quantitative estimate of drug-likeness (QED) is 0.629. The number of nitrogens with zero attached hydrogens (tertiary/aromatic N) is 1. The number of ether oxygens (including phenoxy) is 2. The summed E-state index contributed by atoms with van der Waals surface area (Å²) in [5.41, 5.74) is 1.43. The first-order chi connectivity index (χ1) is 11.5. The molecule has 0 aromatic heterocycles. The first-order valence-electron chi connectivity index (χ1n) is 7.41. The van der Waals surface area contributed by atoms with Gasteiger partial charge < -0.3 is 9.47 Å². The lowest BCUT2D eigenvalue weighted by atomic mass is 9.89. The first-order valence-corrected chi connectivity index (χ1v) is 7.79. The molecule has 2 atom stereocenters. The normalized spacial score (nSPS) is 19.6. The van der Waals surface area contributed by atoms with E-state index in [1.54, 1.807) is 42.3 Å². The maximum Gasteiger partial charge on any atom is 0.303 e. The van der Waals surface area contributed by atoms with Crippen LogP contribution in [0, 0.1) is 0 Å². The van der Waals surface area contributed by atoms with Gasteiger partial charge in [0.1, 0.15) is 11.8 Å². The van der Waals surface area contributed by atoms with Crippen molar-refractivity contribution in [1.29, 1.82) is 0 Å². The Balaban J connectivity index is 1.99. The van der Waals surface area contributed by atoms with Crippen LogP contribution >= 0.6 is 11.6 Å². The topological polar surface area (TPSA) is 55.8 Å². The summed E-state index contributed by atoms with van der Waals surface area (Å²) in [7, 11) is 1.58. The molecule has 0 N–H and O–H groups in total. The highest BCUT2D eigenvalue weighted by molar-refractivity contribution is 6.31. The number of anilines is 1. The minimum atomic E-state index is -0.871. The van der Waals surface area contributed by atoms with Crippen molar-refractivity contribution in [1.82, 2.24) is 0 Å². The van der Waals surface area contributed by atoms with Gasteiger partial charge in [-0.2, -0.15) is 0 Å². The van der Waals surface area contributed by atoms with E-state index >= 15 is 0 Å². The molecule has 1 saturated heterocycles. The zero-order chi connectivity index (χ0) is 17.3. The molecule has 1 aliphatic heterocycles. The molecule has 2 aromatic rings. The van der Waals surface area contributed by atoms with Crippen LogP contribution in [0.2, 0.25) is 5.02 Å². The Morgan fingerprint density at radius 3 is 2.38 bits per heavy atom. The van der Waals surface area contributed by atoms with Crippen molar-refractivity contribution in [3.63, 3.8) is 0 Å². The Kier molecular flexibility index (Phi) is 4.44. The maximum absolute atomic E-state index is 12.5. The van der Waals surface area contributed by atoms with Crippen LogP contribution in [0.4, 0.5) is 5.69 Å². The van der Waals surface area contributed by atoms with E-state index in [2.05, 4.69) is 0 Å². The Bertz CT molecular complexity index is 775. The van der Waals surface area contributed by atoms with Crippen LogP contribution in [-0.2, 0) is 14.3 Å². The van der Waals surface area contributed by atoms with Crippen molar-refractivity contribution in [2.75, 3.05) is 12.0 Å².